The Hall–Kier alpha value is -1.80. The summed E-state index contributed by atoms with van der Waals surface area (Å²) in [6, 6.07) is 6.64. The van der Waals surface area contributed by atoms with Gasteiger partial charge in [0.15, 0.2) is 15.7 Å². The first-order valence-corrected chi connectivity index (χ1v) is 7.54. The molecule has 0 aliphatic carbocycles. The standard InChI is InChI=1S/C11H13N5O2S/c1-7(11-13-15-16-14-11)12-9-6-19(17,18)10-5-3-2-4-8(9)10/h2-5,7,9,12H,6H2,1H3,(H,13,14,15,16). The highest BCUT2D eigenvalue weighted by Gasteiger charge is 2.35. The number of rotatable bonds is 3. The fourth-order valence-electron chi connectivity index (χ4n) is 2.32. The summed E-state index contributed by atoms with van der Waals surface area (Å²) in [6.07, 6.45) is 0. The van der Waals surface area contributed by atoms with Gasteiger partial charge in [-0.05, 0) is 18.6 Å². The average Bonchev–Trinajstić information content (AvgIpc) is 2.98. The number of aromatic amines is 1. The lowest BCUT2D eigenvalue weighted by molar-refractivity contribution is 0.479. The SMILES string of the molecule is CC(NC1CS(=O)(=O)c2ccccc21)c1nn[nH]n1. The van der Waals surface area contributed by atoms with Gasteiger partial charge in [-0.1, -0.05) is 23.4 Å². The van der Waals surface area contributed by atoms with Gasteiger partial charge >= 0.3 is 0 Å². The Morgan fingerprint density at radius 2 is 2.21 bits per heavy atom. The van der Waals surface area contributed by atoms with E-state index in [9.17, 15) is 8.42 Å². The average molecular weight is 279 g/mol. The summed E-state index contributed by atoms with van der Waals surface area (Å²) in [5.41, 5.74) is 0.804. The maximum Gasteiger partial charge on any atom is 0.191 e. The molecule has 1 aliphatic heterocycles. The lowest BCUT2D eigenvalue weighted by Gasteiger charge is -2.16. The second-order valence-electron chi connectivity index (χ2n) is 4.53. The van der Waals surface area contributed by atoms with Crippen molar-refractivity contribution in [2.45, 2.75) is 23.9 Å². The van der Waals surface area contributed by atoms with Crippen LogP contribution in [0.4, 0.5) is 0 Å². The lowest BCUT2D eigenvalue weighted by atomic mass is 10.1. The van der Waals surface area contributed by atoms with Crippen LogP contribution in [0, 0.1) is 0 Å². The van der Waals surface area contributed by atoms with Crippen LogP contribution >= 0.6 is 0 Å². The van der Waals surface area contributed by atoms with Crippen molar-refractivity contribution in [1.29, 1.82) is 0 Å². The number of fused-ring (bicyclic) bond motifs is 1. The predicted molar refractivity (Wildman–Crippen MR) is 67.0 cm³/mol. The van der Waals surface area contributed by atoms with Crippen molar-refractivity contribution in [2.24, 2.45) is 0 Å². The van der Waals surface area contributed by atoms with Gasteiger partial charge in [-0.15, -0.1) is 10.2 Å². The molecule has 0 saturated carbocycles. The van der Waals surface area contributed by atoms with Gasteiger partial charge in [0.1, 0.15) is 0 Å². The largest absolute Gasteiger partial charge is 0.299 e. The smallest absolute Gasteiger partial charge is 0.191 e. The highest BCUT2D eigenvalue weighted by Crippen LogP contribution is 2.34. The van der Waals surface area contributed by atoms with E-state index in [4.69, 9.17) is 0 Å². The summed E-state index contributed by atoms with van der Waals surface area (Å²) in [4.78, 5) is 0.410. The topological polar surface area (TPSA) is 101 Å². The molecule has 0 amide bonds. The van der Waals surface area contributed by atoms with Gasteiger partial charge in [-0.2, -0.15) is 5.21 Å². The second-order valence-corrected chi connectivity index (χ2v) is 6.53. The van der Waals surface area contributed by atoms with Gasteiger partial charge in [0.05, 0.1) is 16.7 Å². The molecule has 0 bridgehead atoms. The second kappa shape index (κ2) is 4.39. The van der Waals surface area contributed by atoms with E-state index < -0.39 is 9.84 Å². The van der Waals surface area contributed by atoms with Gasteiger partial charge in [0.25, 0.3) is 0 Å². The number of aromatic nitrogens is 4. The highest BCUT2D eigenvalue weighted by atomic mass is 32.2. The molecule has 1 aromatic carbocycles. The van der Waals surface area contributed by atoms with Crippen LogP contribution in [0.15, 0.2) is 29.2 Å². The molecule has 0 spiro atoms. The molecule has 0 saturated heterocycles. The molecule has 3 rings (SSSR count). The fraction of sp³-hybridized carbons (Fsp3) is 0.364. The molecule has 8 heteroatoms. The van der Waals surface area contributed by atoms with Gasteiger partial charge in [-0.25, -0.2) is 8.42 Å². The molecule has 2 heterocycles. The third-order valence-electron chi connectivity index (χ3n) is 3.22. The fourth-order valence-corrected chi connectivity index (χ4v) is 4.07. The molecular formula is C11H13N5O2S. The molecule has 100 valence electrons. The maximum atomic E-state index is 12.0. The number of nitrogens with one attached hydrogen (secondary N) is 2. The van der Waals surface area contributed by atoms with Crippen LogP contribution in [0.2, 0.25) is 0 Å². The van der Waals surface area contributed by atoms with Crippen LogP contribution in [0.3, 0.4) is 0 Å². The number of nitrogens with zero attached hydrogens (tertiary/aromatic N) is 3. The van der Waals surface area contributed by atoms with Gasteiger partial charge in [0.2, 0.25) is 0 Å². The number of sulfone groups is 1. The van der Waals surface area contributed by atoms with E-state index in [1.54, 1.807) is 12.1 Å². The van der Waals surface area contributed by atoms with Crippen LogP contribution < -0.4 is 5.32 Å². The molecule has 1 aromatic heterocycles. The van der Waals surface area contributed by atoms with Crippen LogP contribution in [0.25, 0.3) is 0 Å². The molecule has 19 heavy (non-hydrogen) atoms. The summed E-state index contributed by atoms with van der Waals surface area (Å²) in [5.74, 6) is 0.580. The molecule has 0 fully saturated rings. The van der Waals surface area contributed by atoms with E-state index >= 15 is 0 Å². The lowest BCUT2D eigenvalue weighted by Crippen LogP contribution is -2.26. The van der Waals surface area contributed by atoms with Crippen molar-refractivity contribution < 1.29 is 8.42 Å². The minimum atomic E-state index is -3.20. The highest BCUT2D eigenvalue weighted by molar-refractivity contribution is 7.91. The van der Waals surface area contributed by atoms with Crippen molar-refractivity contribution in [3.63, 3.8) is 0 Å². The third-order valence-corrected chi connectivity index (χ3v) is 5.03. The van der Waals surface area contributed by atoms with E-state index in [-0.39, 0.29) is 17.8 Å². The summed E-state index contributed by atoms with van der Waals surface area (Å²) in [6.45, 7) is 1.87. The van der Waals surface area contributed by atoms with Crippen molar-refractivity contribution in [1.82, 2.24) is 25.9 Å². The number of benzene rings is 1. The first kappa shape index (κ1) is 12.2. The van der Waals surface area contributed by atoms with Gasteiger partial charge in [0, 0.05) is 6.04 Å². The van der Waals surface area contributed by atoms with E-state index in [1.807, 2.05) is 19.1 Å². The molecular weight excluding hydrogens is 266 g/mol. The van der Waals surface area contributed by atoms with E-state index in [0.717, 1.165) is 5.56 Å². The van der Waals surface area contributed by atoms with Crippen molar-refractivity contribution >= 4 is 9.84 Å². The molecule has 2 N–H and O–H groups in total. The molecule has 7 nitrogen and oxygen atoms in total. The Bertz CT molecular complexity index is 683. The van der Waals surface area contributed by atoms with E-state index in [0.29, 0.717) is 10.7 Å². The van der Waals surface area contributed by atoms with Crippen LogP contribution in [0.1, 0.15) is 30.4 Å². The molecule has 2 atom stereocenters. The Kier molecular flexibility index (Phi) is 2.83. The van der Waals surface area contributed by atoms with Crippen LogP contribution in [0.5, 0.6) is 0 Å². The normalized spacial score (nSPS) is 22.1. The van der Waals surface area contributed by atoms with E-state index in [2.05, 4.69) is 25.9 Å². The number of hydrogen-bond acceptors (Lipinski definition) is 6. The molecule has 2 unspecified atom stereocenters. The summed E-state index contributed by atoms with van der Waals surface area (Å²) >= 11 is 0. The number of H-pyrrole nitrogens is 1. The van der Waals surface area contributed by atoms with Gasteiger partial charge in [-0.3, -0.25) is 5.32 Å². The molecule has 0 radical (unpaired) electrons. The van der Waals surface area contributed by atoms with Gasteiger partial charge < -0.3 is 0 Å². The zero-order chi connectivity index (χ0) is 13.5. The Balaban J connectivity index is 1.88. The summed E-state index contributed by atoms with van der Waals surface area (Å²) in [5, 5.41) is 16.9. The first-order valence-electron chi connectivity index (χ1n) is 5.89. The van der Waals surface area contributed by atoms with Crippen molar-refractivity contribution in [3.8, 4) is 0 Å². The summed E-state index contributed by atoms with van der Waals surface area (Å²) in [7, 11) is -3.20. The van der Waals surface area contributed by atoms with Crippen molar-refractivity contribution in [3.05, 3.63) is 35.7 Å². The number of hydrogen-bond donors (Lipinski definition) is 2. The Morgan fingerprint density at radius 1 is 1.42 bits per heavy atom. The first-order chi connectivity index (χ1) is 9.08. The minimum absolute atomic E-state index is 0.0640. The quantitative estimate of drug-likeness (QED) is 0.842. The Morgan fingerprint density at radius 3 is 2.95 bits per heavy atom. The number of tetrazole rings is 1. The third kappa shape index (κ3) is 2.13. The van der Waals surface area contributed by atoms with Crippen molar-refractivity contribution in [2.75, 3.05) is 5.75 Å². The monoisotopic (exact) mass is 279 g/mol. The minimum Gasteiger partial charge on any atom is -0.299 e. The maximum absolute atomic E-state index is 12.0. The zero-order valence-corrected chi connectivity index (χ0v) is 11.1. The van der Waals surface area contributed by atoms with E-state index in [1.165, 1.54) is 0 Å². The predicted octanol–water partition coefficient (Wildman–Crippen LogP) is 0.379. The summed E-state index contributed by atoms with van der Waals surface area (Å²) < 4.78 is 24.1. The van der Waals surface area contributed by atoms with Crippen LogP contribution in [-0.2, 0) is 9.84 Å². The molecule has 2 aromatic rings. The zero-order valence-electron chi connectivity index (χ0n) is 10.2. The molecule has 1 aliphatic rings. The van der Waals surface area contributed by atoms with Crippen LogP contribution in [-0.4, -0.2) is 34.8 Å². The Labute approximate surface area is 110 Å².